The van der Waals surface area contributed by atoms with Crippen molar-refractivity contribution >= 4 is 23.2 Å². The molecule has 2 aromatic carbocycles. The number of halogens is 2. The van der Waals surface area contributed by atoms with Gasteiger partial charge in [-0.3, -0.25) is 4.79 Å². The van der Waals surface area contributed by atoms with Gasteiger partial charge < -0.3 is 11.1 Å². The summed E-state index contributed by atoms with van der Waals surface area (Å²) in [5, 5.41) is 3.64. The van der Waals surface area contributed by atoms with Crippen LogP contribution in [0.5, 0.6) is 0 Å². The molecule has 0 saturated carbocycles. The number of anilines is 1. The lowest BCUT2D eigenvalue weighted by molar-refractivity contribution is 0.100. The molecule has 0 heterocycles. The van der Waals surface area contributed by atoms with Gasteiger partial charge in [-0.2, -0.15) is 0 Å². The minimum Gasteiger partial charge on any atom is -0.378 e. The topological polar surface area (TPSA) is 55.1 Å². The summed E-state index contributed by atoms with van der Waals surface area (Å²) in [6.07, 6.45) is 1.54. The molecule has 1 amide bonds. The highest BCUT2D eigenvalue weighted by molar-refractivity contribution is 6.34. The van der Waals surface area contributed by atoms with E-state index in [9.17, 15) is 9.18 Å². The van der Waals surface area contributed by atoms with Gasteiger partial charge in [0.15, 0.2) is 0 Å². The fourth-order valence-corrected chi connectivity index (χ4v) is 3.04. The number of hydrogen-bond donors (Lipinski definition) is 2. The van der Waals surface area contributed by atoms with Crippen molar-refractivity contribution in [2.24, 2.45) is 5.73 Å². The van der Waals surface area contributed by atoms with E-state index in [1.807, 2.05) is 6.07 Å². The minimum atomic E-state index is -0.556. The third kappa shape index (κ3) is 2.59. The van der Waals surface area contributed by atoms with E-state index < -0.39 is 5.91 Å². The van der Waals surface area contributed by atoms with Crippen LogP contribution in [0.4, 0.5) is 10.1 Å². The monoisotopic (exact) mass is 304 g/mol. The second-order valence-corrected chi connectivity index (χ2v) is 5.51. The van der Waals surface area contributed by atoms with Crippen molar-refractivity contribution in [1.82, 2.24) is 0 Å². The smallest absolute Gasteiger partial charge is 0.250 e. The number of nitrogens with two attached hydrogens (primary N) is 1. The molecule has 0 radical (unpaired) electrons. The summed E-state index contributed by atoms with van der Waals surface area (Å²) in [5.41, 5.74) is 8.05. The average molecular weight is 305 g/mol. The normalized spacial score (nSPS) is 16.6. The average Bonchev–Trinajstić information content (AvgIpc) is 2.83. The van der Waals surface area contributed by atoms with Gasteiger partial charge in [0, 0.05) is 5.69 Å². The molecule has 3 nitrogen and oxygen atoms in total. The van der Waals surface area contributed by atoms with Gasteiger partial charge in [0.25, 0.3) is 0 Å². The van der Waals surface area contributed by atoms with E-state index in [4.69, 9.17) is 17.3 Å². The first-order valence-corrected chi connectivity index (χ1v) is 7.07. The SMILES string of the molecule is NC(=O)c1ccc(NC2CCc3c(F)cccc32)cc1Cl. The third-order valence-corrected chi connectivity index (χ3v) is 4.10. The largest absolute Gasteiger partial charge is 0.378 e. The van der Waals surface area contributed by atoms with E-state index in [2.05, 4.69) is 5.32 Å². The van der Waals surface area contributed by atoms with Crippen LogP contribution in [0.3, 0.4) is 0 Å². The Labute approximate surface area is 126 Å². The number of hydrogen-bond acceptors (Lipinski definition) is 2. The Morgan fingerprint density at radius 3 is 2.86 bits per heavy atom. The summed E-state index contributed by atoms with van der Waals surface area (Å²) in [5.74, 6) is -0.709. The quantitative estimate of drug-likeness (QED) is 0.909. The summed E-state index contributed by atoms with van der Waals surface area (Å²) in [6, 6.07) is 10.2. The highest BCUT2D eigenvalue weighted by Gasteiger charge is 2.24. The van der Waals surface area contributed by atoms with Gasteiger partial charge in [-0.25, -0.2) is 4.39 Å². The number of rotatable bonds is 3. The van der Waals surface area contributed by atoms with Gasteiger partial charge in [-0.15, -0.1) is 0 Å². The summed E-state index contributed by atoms with van der Waals surface area (Å²) in [4.78, 5) is 11.2. The van der Waals surface area contributed by atoms with Gasteiger partial charge in [0.2, 0.25) is 5.91 Å². The van der Waals surface area contributed by atoms with Crippen LogP contribution in [-0.2, 0) is 6.42 Å². The number of carbonyl (C=O) groups excluding carboxylic acids is 1. The van der Waals surface area contributed by atoms with Crippen molar-refractivity contribution < 1.29 is 9.18 Å². The molecule has 2 aromatic rings. The molecule has 3 rings (SSSR count). The molecule has 1 atom stereocenters. The molecule has 0 fully saturated rings. The number of carbonyl (C=O) groups is 1. The van der Waals surface area contributed by atoms with Crippen molar-refractivity contribution in [3.05, 3.63) is 63.9 Å². The lowest BCUT2D eigenvalue weighted by Gasteiger charge is -2.16. The number of benzene rings is 2. The maximum absolute atomic E-state index is 13.7. The fourth-order valence-electron chi connectivity index (χ4n) is 2.77. The Bertz CT molecular complexity index is 717. The van der Waals surface area contributed by atoms with Crippen molar-refractivity contribution in [3.8, 4) is 0 Å². The van der Waals surface area contributed by atoms with Crippen molar-refractivity contribution in [2.75, 3.05) is 5.32 Å². The van der Waals surface area contributed by atoms with Gasteiger partial charge in [-0.05, 0) is 48.2 Å². The fraction of sp³-hybridized carbons (Fsp3) is 0.188. The van der Waals surface area contributed by atoms with Crippen molar-refractivity contribution in [1.29, 1.82) is 0 Å². The Morgan fingerprint density at radius 1 is 1.33 bits per heavy atom. The van der Waals surface area contributed by atoms with Crippen LogP contribution in [0, 0.1) is 5.82 Å². The zero-order valence-electron chi connectivity index (χ0n) is 11.2. The molecule has 0 aromatic heterocycles. The van der Waals surface area contributed by atoms with E-state index >= 15 is 0 Å². The van der Waals surface area contributed by atoms with Crippen LogP contribution >= 0.6 is 11.6 Å². The Kier molecular flexibility index (Phi) is 3.55. The van der Waals surface area contributed by atoms with E-state index in [1.165, 1.54) is 6.07 Å². The molecule has 5 heteroatoms. The summed E-state index contributed by atoms with van der Waals surface area (Å²) < 4.78 is 13.7. The molecular weight excluding hydrogens is 291 g/mol. The molecule has 0 aliphatic heterocycles. The Hall–Kier alpha value is -2.07. The van der Waals surface area contributed by atoms with Gasteiger partial charge >= 0.3 is 0 Å². The maximum Gasteiger partial charge on any atom is 0.250 e. The number of primary amides is 1. The second kappa shape index (κ2) is 5.37. The summed E-state index contributed by atoms with van der Waals surface area (Å²) in [7, 11) is 0. The van der Waals surface area contributed by atoms with Crippen LogP contribution in [0.2, 0.25) is 5.02 Å². The highest BCUT2D eigenvalue weighted by atomic mass is 35.5. The lowest BCUT2D eigenvalue weighted by Crippen LogP contribution is -2.12. The molecular formula is C16H14ClFN2O. The van der Waals surface area contributed by atoms with Gasteiger partial charge in [0.05, 0.1) is 16.6 Å². The number of nitrogens with one attached hydrogen (secondary N) is 1. The standard InChI is InChI=1S/C16H14ClFN2O/c17-13-8-9(4-5-12(13)16(19)21)20-15-7-6-10-11(15)2-1-3-14(10)18/h1-5,8,15,20H,6-7H2,(H2,19,21). The predicted octanol–water partition coefficient (Wildman–Crippen LogP) is 3.68. The molecule has 0 spiro atoms. The van der Waals surface area contributed by atoms with Crippen LogP contribution in [-0.4, -0.2) is 5.91 Å². The number of amides is 1. The van der Waals surface area contributed by atoms with Crippen LogP contribution in [0.1, 0.15) is 33.9 Å². The first kappa shape index (κ1) is 13.9. The van der Waals surface area contributed by atoms with E-state index in [0.717, 1.165) is 23.2 Å². The number of fused-ring (bicyclic) bond motifs is 1. The first-order valence-electron chi connectivity index (χ1n) is 6.69. The van der Waals surface area contributed by atoms with Gasteiger partial charge in [-0.1, -0.05) is 23.7 Å². The molecule has 1 unspecified atom stereocenters. The van der Waals surface area contributed by atoms with E-state index in [0.29, 0.717) is 17.0 Å². The molecule has 3 N–H and O–H groups in total. The zero-order chi connectivity index (χ0) is 15.0. The van der Waals surface area contributed by atoms with Crippen LogP contribution in [0.25, 0.3) is 0 Å². The predicted molar refractivity (Wildman–Crippen MR) is 81.1 cm³/mol. The minimum absolute atomic E-state index is 0.0474. The summed E-state index contributed by atoms with van der Waals surface area (Å²) >= 11 is 6.03. The second-order valence-electron chi connectivity index (χ2n) is 5.10. The van der Waals surface area contributed by atoms with Crippen molar-refractivity contribution in [2.45, 2.75) is 18.9 Å². The first-order chi connectivity index (χ1) is 10.1. The molecule has 0 bridgehead atoms. The van der Waals surface area contributed by atoms with Crippen LogP contribution in [0.15, 0.2) is 36.4 Å². The van der Waals surface area contributed by atoms with E-state index in [-0.39, 0.29) is 11.9 Å². The molecule has 1 aliphatic rings. The van der Waals surface area contributed by atoms with E-state index in [1.54, 1.807) is 24.3 Å². The summed E-state index contributed by atoms with van der Waals surface area (Å²) in [6.45, 7) is 0. The maximum atomic E-state index is 13.7. The van der Waals surface area contributed by atoms with Crippen molar-refractivity contribution in [3.63, 3.8) is 0 Å². The molecule has 1 aliphatic carbocycles. The molecule has 21 heavy (non-hydrogen) atoms. The Balaban J connectivity index is 1.85. The van der Waals surface area contributed by atoms with Crippen LogP contribution < -0.4 is 11.1 Å². The zero-order valence-corrected chi connectivity index (χ0v) is 12.0. The highest BCUT2D eigenvalue weighted by Crippen LogP contribution is 2.35. The molecule has 108 valence electrons. The Morgan fingerprint density at radius 2 is 2.14 bits per heavy atom. The van der Waals surface area contributed by atoms with Gasteiger partial charge in [0.1, 0.15) is 5.82 Å². The third-order valence-electron chi connectivity index (χ3n) is 3.79. The molecule has 0 saturated heterocycles. The lowest BCUT2D eigenvalue weighted by atomic mass is 10.1.